The number of anilines is 1. The average Bonchev–Trinajstić information content (AvgIpc) is 2.64. The minimum Gasteiger partial charge on any atom is -0.395 e. The summed E-state index contributed by atoms with van der Waals surface area (Å²) >= 11 is 1.65. The van der Waals surface area contributed by atoms with Crippen LogP contribution < -0.4 is 5.73 Å². The molecule has 0 saturated heterocycles. The molecule has 1 unspecified atom stereocenters. The van der Waals surface area contributed by atoms with Crippen LogP contribution in [0.5, 0.6) is 0 Å². The second-order valence-corrected chi connectivity index (χ2v) is 6.01. The number of aromatic nitrogens is 2. The van der Waals surface area contributed by atoms with Crippen LogP contribution in [0.4, 0.5) is 5.82 Å². The molecule has 1 atom stereocenters. The van der Waals surface area contributed by atoms with Gasteiger partial charge in [0, 0.05) is 11.4 Å². The van der Waals surface area contributed by atoms with Gasteiger partial charge in [0.2, 0.25) is 0 Å². The van der Waals surface area contributed by atoms with E-state index >= 15 is 0 Å². The largest absolute Gasteiger partial charge is 0.395 e. The highest BCUT2D eigenvalue weighted by Crippen LogP contribution is 2.33. The number of thiophene rings is 1. The Bertz CT molecular complexity index is 596. The fraction of sp³-hybridized carbons (Fsp3) is 0.538. The highest BCUT2D eigenvalue weighted by atomic mass is 32.1. The number of aliphatic hydroxyl groups excluding tert-OH is 1. The van der Waals surface area contributed by atoms with Crippen LogP contribution in [-0.4, -0.2) is 40.2 Å². The van der Waals surface area contributed by atoms with Crippen LogP contribution in [0.25, 0.3) is 10.2 Å². The Hall–Kier alpha value is -1.24. The van der Waals surface area contributed by atoms with Crippen LogP contribution in [0.3, 0.4) is 0 Å². The van der Waals surface area contributed by atoms with Crippen molar-refractivity contribution < 1.29 is 5.11 Å². The molecule has 2 heterocycles. The van der Waals surface area contributed by atoms with Crippen LogP contribution in [-0.2, 0) is 0 Å². The Morgan fingerprint density at radius 3 is 2.68 bits per heavy atom. The van der Waals surface area contributed by atoms with E-state index in [9.17, 15) is 0 Å². The maximum Gasteiger partial charge on any atom is 0.149 e. The number of fused-ring (bicyclic) bond motifs is 1. The molecule has 2 aromatic rings. The van der Waals surface area contributed by atoms with Gasteiger partial charge in [-0.15, -0.1) is 11.3 Å². The summed E-state index contributed by atoms with van der Waals surface area (Å²) in [6.07, 6.45) is 0. The zero-order chi connectivity index (χ0) is 14.2. The number of rotatable bonds is 4. The summed E-state index contributed by atoms with van der Waals surface area (Å²) in [5.74, 6) is 1.26. The Kier molecular flexibility index (Phi) is 4.03. The second kappa shape index (κ2) is 5.40. The normalized spacial score (nSPS) is 13.4. The molecule has 0 aliphatic heterocycles. The lowest BCUT2D eigenvalue weighted by Gasteiger charge is -2.22. The Labute approximate surface area is 117 Å². The first-order valence-corrected chi connectivity index (χ1v) is 7.11. The lowest BCUT2D eigenvalue weighted by atomic mass is 10.2. The van der Waals surface area contributed by atoms with Gasteiger partial charge in [-0.2, -0.15) is 0 Å². The molecule has 6 heteroatoms. The summed E-state index contributed by atoms with van der Waals surface area (Å²) in [6, 6.07) is 0.0292. The Morgan fingerprint density at radius 1 is 1.37 bits per heavy atom. The van der Waals surface area contributed by atoms with E-state index in [4.69, 9.17) is 10.8 Å². The zero-order valence-electron chi connectivity index (χ0n) is 11.8. The second-order valence-electron chi connectivity index (χ2n) is 4.81. The molecular formula is C13H20N4OS. The van der Waals surface area contributed by atoms with E-state index in [1.54, 1.807) is 11.3 Å². The molecule has 5 nitrogen and oxygen atoms in total. The summed E-state index contributed by atoms with van der Waals surface area (Å²) in [5.41, 5.74) is 7.24. The number of aliphatic hydroxyl groups is 1. The molecule has 0 spiro atoms. The highest BCUT2D eigenvalue weighted by Gasteiger charge is 2.18. The van der Waals surface area contributed by atoms with Crippen molar-refractivity contribution in [1.29, 1.82) is 0 Å². The molecule has 0 bridgehead atoms. The van der Waals surface area contributed by atoms with Gasteiger partial charge in [-0.25, -0.2) is 9.97 Å². The van der Waals surface area contributed by atoms with E-state index in [1.165, 1.54) is 10.4 Å². The summed E-state index contributed by atoms with van der Waals surface area (Å²) in [6.45, 7) is 6.85. The van der Waals surface area contributed by atoms with Crippen LogP contribution in [0.1, 0.15) is 29.2 Å². The quantitative estimate of drug-likeness (QED) is 0.894. The van der Waals surface area contributed by atoms with E-state index in [-0.39, 0.29) is 12.6 Å². The molecule has 0 aliphatic rings. The monoisotopic (exact) mass is 280 g/mol. The van der Waals surface area contributed by atoms with Gasteiger partial charge in [0.15, 0.2) is 0 Å². The zero-order valence-corrected chi connectivity index (χ0v) is 12.6. The molecule has 0 amide bonds. The standard InChI is InChI=1S/C13H20N4OS/c1-7-9(3)19-13-10(7)11(14)15-12(16-13)8(2)17(4)5-6-18/h8,18H,5-6H2,1-4H3,(H2,14,15,16). The van der Waals surface area contributed by atoms with Gasteiger partial charge in [0.1, 0.15) is 16.5 Å². The lowest BCUT2D eigenvalue weighted by molar-refractivity contribution is 0.184. The van der Waals surface area contributed by atoms with Crippen molar-refractivity contribution in [2.45, 2.75) is 26.8 Å². The van der Waals surface area contributed by atoms with E-state index in [2.05, 4.69) is 23.8 Å². The summed E-state index contributed by atoms with van der Waals surface area (Å²) in [5, 5.41) is 9.97. The average molecular weight is 280 g/mol. The first kappa shape index (κ1) is 14.2. The van der Waals surface area contributed by atoms with Crippen LogP contribution in [0.2, 0.25) is 0 Å². The third kappa shape index (κ3) is 2.56. The summed E-state index contributed by atoms with van der Waals surface area (Å²) in [7, 11) is 1.94. The molecule has 0 fully saturated rings. The number of nitrogen functional groups attached to an aromatic ring is 1. The fourth-order valence-electron chi connectivity index (χ4n) is 2.03. The predicted octanol–water partition coefficient (Wildman–Crippen LogP) is 1.88. The number of hydrogen-bond acceptors (Lipinski definition) is 6. The maximum atomic E-state index is 8.99. The van der Waals surface area contributed by atoms with Crippen LogP contribution in [0, 0.1) is 13.8 Å². The molecule has 0 radical (unpaired) electrons. The van der Waals surface area contributed by atoms with E-state index < -0.39 is 0 Å². The van der Waals surface area contributed by atoms with Crippen molar-refractivity contribution >= 4 is 27.4 Å². The van der Waals surface area contributed by atoms with Crippen LogP contribution >= 0.6 is 11.3 Å². The highest BCUT2D eigenvalue weighted by molar-refractivity contribution is 7.18. The van der Waals surface area contributed by atoms with E-state index in [1.807, 2.05) is 18.9 Å². The number of nitrogens with two attached hydrogens (primary N) is 1. The molecule has 0 saturated carbocycles. The molecule has 2 aromatic heterocycles. The summed E-state index contributed by atoms with van der Waals surface area (Å²) < 4.78 is 0. The Balaban J connectivity index is 2.46. The summed E-state index contributed by atoms with van der Waals surface area (Å²) in [4.78, 5) is 13.2. The SMILES string of the molecule is Cc1sc2nc(C(C)N(C)CCO)nc(N)c2c1C. The van der Waals surface area contributed by atoms with Gasteiger partial charge in [0.05, 0.1) is 18.0 Å². The topological polar surface area (TPSA) is 75.3 Å². The third-order valence-electron chi connectivity index (χ3n) is 3.56. The number of aryl methyl sites for hydroxylation is 2. The molecule has 0 aliphatic carbocycles. The van der Waals surface area contributed by atoms with Gasteiger partial charge < -0.3 is 10.8 Å². The van der Waals surface area contributed by atoms with Crippen molar-refractivity contribution in [1.82, 2.24) is 14.9 Å². The minimum absolute atomic E-state index is 0.0292. The van der Waals surface area contributed by atoms with E-state index in [0.29, 0.717) is 18.2 Å². The van der Waals surface area contributed by atoms with Crippen molar-refractivity contribution in [3.05, 3.63) is 16.3 Å². The molecule has 0 aromatic carbocycles. The third-order valence-corrected chi connectivity index (χ3v) is 4.66. The Morgan fingerprint density at radius 2 is 2.05 bits per heavy atom. The molecule has 3 N–H and O–H groups in total. The smallest absolute Gasteiger partial charge is 0.149 e. The lowest BCUT2D eigenvalue weighted by Crippen LogP contribution is -2.27. The predicted molar refractivity (Wildman–Crippen MR) is 79.4 cm³/mol. The van der Waals surface area contributed by atoms with Crippen molar-refractivity contribution in [3.8, 4) is 0 Å². The van der Waals surface area contributed by atoms with Crippen molar-refractivity contribution in [3.63, 3.8) is 0 Å². The van der Waals surface area contributed by atoms with Gasteiger partial charge in [-0.1, -0.05) is 0 Å². The van der Waals surface area contributed by atoms with Gasteiger partial charge >= 0.3 is 0 Å². The fourth-order valence-corrected chi connectivity index (χ4v) is 3.08. The number of hydrogen-bond donors (Lipinski definition) is 2. The van der Waals surface area contributed by atoms with Gasteiger partial charge in [0.25, 0.3) is 0 Å². The molecular weight excluding hydrogens is 260 g/mol. The van der Waals surface area contributed by atoms with Crippen molar-refractivity contribution in [2.75, 3.05) is 25.9 Å². The minimum atomic E-state index is 0.0292. The first-order valence-electron chi connectivity index (χ1n) is 6.30. The molecule has 19 heavy (non-hydrogen) atoms. The van der Waals surface area contributed by atoms with Gasteiger partial charge in [-0.3, -0.25) is 4.90 Å². The molecule has 104 valence electrons. The van der Waals surface area contributed by atoms with Gasteiger partial charge in [-0.05, 0) is 33.4 Å². The van der Waals surface area contributed by atoms with Crippen LogP contribution in [0.15, 0.2) is 0 Å². The van der Waals surface area contributed by atoms with Crippen molar-refractivity contribution in [2.24, 2.45) is 0 Å². The first-order chi connectivity index (χ1) is 8.95. The molecule has 2 rings (SSSR count). The number of nitrogens with zero attached hydrogens (tertiary/aromatic N) is 3. The number of likely N-dealkylation sites (N-methyl/N-ethyl adjacent to an activating group) is 1. The maximum absolute atomic E-state index is 8.99. The van der Waals surface area contributed by atoms with E-state index in [0.717, 1.165) is 10.2 Å².